The molecule has 0 aromatic heterocycles. The van der Waals surface area contributed by atoms with Crippen molar-refractivity contribution in [3.05, 3.63) is 35.4 Å². The molecule has 0 fully saturated rings. The Morgan fingerprint density at radius 1 is 1.19 bits per heavy atom. The Labute approximate surface area is 125 Å². The lowest BCUT2D eigenvalue weighted by molar-refractivity contribution is -0.137. The first-order chi connectivity index (χ1) is 9.81. The third-order valence-corrected chi connectivity index (χ3v) is 3.48. The second kappa shape index (κ2) is 8.39. The van der Waals surface area contributed by atoms with Crippen LogP contribution in [0.25, 0.3) is 0 Å². The van der Waals surface area contributed by atoms with E-state index in [1.165, 1.54) is 5.56 Å². The van der Waals surface area contributed by atoms with Gasteiger partial charge in [-0.3, -0.25) is 0 Å². The zero-order chi connectivity index (χ0) is 15.9. The molecule has 0 radical (unpaired) electrons. The van der Waals surface area contributed by atoms with E-state index in [1.807, 2.05) is 12.1 Å². The van der Waals surface area contributed by atoms with Crippen molar-refractivity contribution in [2.24, 2.45) is 0 Å². The van der Waals surface area contributed by atoms with Crippen LogP contribution in [0.1, 0.15) is 37.3 Å². The van der Waals surface area contributed by atoms with E-state index in [0.717, 1.165) is 18.7 Å². The van der Waals surface area contributed by atoms with Gasteiger partial charge >= 0.3 is 6.18 Å². The van der Waals surface area contributed by atoms with Crippen LogP contribution in [0.3, 0.4) is 0 Å². The van der Waals surface area contributed by atoms with Crippen molar-refractivity contribution in [3.63, 3.8) is 0 Å². The van der Waals surface area contributed by atoms with E-state index in [-0.39, 0.29) is 6.54 Å². The number of nitrogens with one attached hydrogen (secondary N) is 1. The van der Waals surface area contributed by atoms with Crippen molar-refractivity contribution < 1.29 is 13.2 Å². The molecule has 0 spiro atoms. The maximum atomic E-state index is 12.2. The topological polar surface area (TPSA) is 15.3 Å². The summed E-state index contributed by atoms with van der Waals surface area (Å²) in [5.41, 5.74) is 2.29. The Kier molecular flexibility index (Phi) is 7.18. The van der Waals surface area contributed by atoms with Gasteiger partial charge in [-0.25, -0.2) is 0 Å². The monoisotopic (exact) mass is 302 g/mol. The standard InChI is InChI=1S/C16H25F3N2/c1-4-20-11-13(2)15-7-5-14(6-8-15)12-21(3)10-9-16(17,18)19/h5-8,13,20H,4,9-12H2,1-3H3. The summed E-state index contributed by atoms with van der Waals surface area (Å²) >= 11 is 0. The number of nitrogens with zero attached hydrogens (tertiary/aromatic N) is 1. The second-order valence-electron chi connectivity index (χ2n) is 5.55. The number of rotatable bonds is 8. The number of alkyl halides is 3. The number of likely N-dealkylation sites (N-methyl/N-ethyl adjacent to an activating group) is 1. The molecule has 1 rings (SSSR count). The predicted molar refractivity (Wildman–Crippen MR) is 80.4 cm³/mol. The fourth-order valence-corrected chi connectivity index (χ4v) is 2.14. The highest BCUT2D eigenvalue weighted by Crippen LogP contribution is 2.20. The van der Waals surface area contributed by atoms with Gasteiger partial charge in [0.1, 0.15) is 0 Å². The Morgan fingerprint density at radius 3 is 2.33 bits per heavy atom. The molecular formula is C16H25F3N2. The van der Waals surface area contributed by atoms with Crippen LogP contribution in [-0.4, -0.2) is 37.8 Å². The SMILES string of the molecule is CCNCC(C)c1ccc(CN(C)CCC(F)(F)F)cc1. The summed E-state index contributed by atoms with van der Waals surface area (Å²) in [6, 6.07) is 8.13. The normalized spacial score (nSPS) is 13.7. The molecule has 1 N–H and O–H groups in total. The number of hydrogen-bond acceptors (Lipinski definition) is 2. The van der Waals surface area contributed by atoms with Gasteiger partial charge < -0.3 is 10.2 Å². The maximum Gasteiger partial charge on any atom is 0.390 e. The summed E-state index contributed by atoms with van der Waals surface area (Å²) in [6.07, 6.45) is -4.85. The molecule has 0 bridgehead atoms. The molecular weight excluding hydrogens is 277 g/mol. The van der Waals surface area contributed by atoms with E-state index >= 15 is 0 Å². The number of benzene rings is 1. The van der Waals surface area contributed by atoms with E-state index in [2.05, 4.69) is 31.3 Å². The molecule has 5 heteroatoms. The van der Waals surface area contributed by atoms with Crippen molar-refractivity contribution >= 4 is 0 Å². The highest BCUT2D eigenvalue weighted by Gasteiger charge is 2.26. The minimum absolute atomic E-state index is 0.0298. The Morgan fingerprint density at radius 2 is 1.81 bits per heavy atom. The minimum atomic E-state index is -4.08. The van der Waals surface area contributed by atoms with Gasteiger partial charge in [0, 0.05) is 19.6 Å². The second-order valence-corrected chi connectivity index (χ2v) is 5.55. The molecule has 2 nitrogen and oxygen atoms in total. The summed E-state index contributed by atoms with van der Waals surface area (Å²) < 4.78 is 36.5. The quantitative estimate of drug-likeness (QED) is 0.786. The molecule has 21 heavy (non-hydrogen) atoms. The summed E-state index contributed by atoms with van der Waals surface area (Å²) in [6.45, 7) is 6.69. The van der Waals surface area contributed by atoms with Gasteiger partial charge in [0.2, 0.25) is 0 Å². The zero-order valence-electron chi connectivity index (χ0n) is 13.0. The zero-order valence-corrected chi connectivity index (χ0v) is 13.0. The van der Waals surface area contributed by atoms with Gasteiger partial charge in [0.15, 0.2) is 0 Å². The maximum absolute atomic E-state index is 12.2. The van der Waals surface area contributed by atoms with E-state index < -0.39 is 12.6 Å². The first-order valence-corrected chi connectivity index (χ1v) is 7.36. The first kappa shape index (κ1) is 18.0. The van der Waals surface area contributed by atoms with Crippen LogP contribution in [0.15, 0.2) is 24.3 Å². The minimum Gasteiger partial charge on any atom is -0.316 e. The van der Waals surface area contributed by atoms with Crippen molar-refractivity contribution in [1.82, 2.24) is 10.2 Å². The Bertz CT molecular complexity index is 401. The molecule has 1 aromatic carbocycles. The molecule has 120 valence electrons. The molecule has 0 saturated carbocycles. The number of hydrogen-bond donors (Lipinski definition) is 1. The fraction of sp³-hybridized carbons (Fsp3) is 0.625. The van der Waals surface area contributed by atoms with Gasteiger partial charge in [-0.05, 0) is 30.6 Å². The molecule has 0 aliphatic heterocycles. The Balaban J connectivity index is 2.46. The third kappa shape index (κ3) is 7.48. The average Bonchev–Trinajstić information content (AvgIpc) is 2.42. The fourth-order valence-electron chi connectivity index (χ4n) is 2.14. The van der Waals surface area contributed by atoms with Crippen LogP contribution < -0.4 is 5.32 Å². The first-order valence-electron chi connectivity index (χ1n) is 7.36. The largest absolute Gasteiger partial charge is 0.390 e. The van der Waals surface area contributed by atoms with E-state index in [9.17, 15) is 13.2 Å². The van der Waals surface area contributed by atoms with Crippen LogP contribution in [0.5, 0.6) is 0 Å². The molecule has 0 heterocycles. The molecule has 1 aromatic rings. The van der Waals surface area contributed by atoms with Gasteiger partial charge in [0.25, 0.3) is 0 Å². The predicted octanol–water partition coefficient (Wildman–Crippen LogP) is 3.78. The van der Waals surface area contributed by atoms with Crippen LogP contribution in [0, 0.1) is 0 Å². The number of halogens is 3. The van der Waals surface area contributed by atoms with Crippen molar-refractivity contribution in [2.75, 3.05) is 26.7 Å². The highest BCUT2D eigenvalue weighted by molar-refractivity contribution is 5.25. The summed E-state index contributed by atoms with van der Waals surface area (Å²) in [5, 5.41) is 3.31. The van der Waals surface area contributed by atoms with Crippen LogP contribution in [0.2, 0.25) is 0 Å². The van der Waals surface area contributed by atoms with E-state index in [0.29, 0.717) is 12.5 Å². The van der Waals surface area contributed by atoms with E-state index in [4.69, 9.17) is 0 Å². The summed E-state index contributed by atoms with van der Waals surface area (Å²) in [5.74, 6) is 0.432. The van der Waals surface area contributed by atoms with E-state index in [1.54, 1.807) is 11.9 Å². The van der Waals surface area contributed by atoms with Crippen molar-refractivity contribution in [3.8, 4) is 0 Å². The lowest BCUT2D eigenvalue weighted by atomic mass is 9.99. The van der Waals surface area contributed by atoms with Crippen LogP contribution in [0.4, 0.5) is 13.2 Å². The van der Waals surface area contributed by atoms with Gasteiger partial charge in [-0.2, -0.15) is 13.2 Å². The summed E-state index contributed by atoms with van der Waals surface area (Å²) in [4.78, 5) is 1.70. The van der Waals surface area contributed by atoms with Crippen molar-refractivity contribution in [1.29, 1.82) is 0 Å². The Hall–Kier alpha value is -1.07. The molecule has 0 aliphatic carbocycles. The molecule has 0 amide bonds. The van der Waals surface area contributed by atoms with Crippen LogP contribution in [-0.2, 0) is 6.54 Å². The van der Waals surface area contributed by atoms with Gasteiger partial charge in [-0.15, -0.1) is 0 Å². The third-order valence-electron chi connectivity index (χ3n) is 3.48. The van der Waals surface area contributed by atoms with Crippen molar-refractivity contribution in [2.45, 2.75) is 38.9 Å². The average molecular weight is 302 g/mol. The van der Waals surface area contributed by atoms with Crippen LogP contribution >= 0.6 is 0 Å². The smallest absolute Gasteiger partial charge is 0.316 e. The highest BCUT2D eigenvalue weighted by atomic mass is 19.4. The van der Waals surface area contributed by atoms with Gasteiger partial charge in [-0.1, -0.05) is 38.1 Å². The molecule has 0 aliphatic rings. The molecule has 0 saturated heterocycles. The summed E-state index contributed by atoms with van der Waals surface area (Å²) in [7, 11) is 1.72. The lowest BCUT2D eigenvalue weighted by Crippen LogP contribution is -2.24. The molecule has 1 unspecified atom stereocenters. The lowest BCUT2D eigenvalue weighted by Gasteiger charge is -2.18. The molecule has 1 atom stereocenters. The van der Waals surface area contributed by atoms with Gasteiger partial charge in [0.05, 0.1) is 6.42 Å².